The van der Waals surface area contributed by atoms with Gasteiger partial charge in [0.2, 0.25) is 0 Å². The quantitative estimate of drug-likeness (QED) is 0.115. The van der Waals surface area contributed by atoms with E-state index in [-0.39, 0.29) is 23.4 Å². The monoisotopic (exact) mass is 597 g/mol. The second kappa shape index (κ2) is 12.7. The fraction of sp³-hybridized carbons (Fsp3) is 0.156. The molecule has 0 amide bonds. The number of carbonyl (C=O) groups is 1. The Hall–Kier alpha value is -5.29. The minimum absolute atomic E-state index is 0.0114. The number of non-ortho nitro benzene ring substituents is 1. The number of nitro benzene ring substituents is 1. The number of rotatable bonds is 10. The van der Waals surface area contributed by atoms with E-state index in [0.29, 0.717) is 44.3 Å². The molecule has 0 fully saturated rings. The van der Waals surface area contributed by atoms with Crippen molar-refractivity contribution < 1.29 is 23.9 Å². The second-order valence-electron chi connectivity index (χ2n) is 9.50. The number of ether oxygens (including phenoxy) is 3. The highest BCUT2D eigenvalue weighted by atomic mass is 32.1. The fourth-order valence-corrected chi connectivity index (χ4v) is 5.71. The van der Waals surface area contributed by atoms with E-state index in [9.17, 15) is 19.7 Å². The number of nitrogens with zero attached hydrogens (tertiary/aromatic N) is 3. The van der Waals surface area contributed by atoms with E-state index >= 15 is 0 Å². The summed E-state index contributed by atoms with van der Waals surface area (Å²) in [4.78, 5) is 42.7. The second-order valence-corrected chi connectivity index (χ2v) is 10.5. The molecule has 1 aromatic heterocycles. The Morgan fingerprint density at radius 2 is 1.86 bits per heavy atom. The number of thiazole rings is 1. The van der Waals surface area contributed by atoms with Gasteiger partial charge >= 0.3 is 5.97 Å². The Bertz CT molecular complexity index is 1910. The average Bonchev–Trinajstić information content (AvgIpc) is 3.32. The van der Waals surface area contributed by atoms with E-state index in [1.165, 1.54) is 29.9 Å². The average molecular weight is 598 g/mol. The van der Waals surface area contributed by atoms with Gasteiger partial charge in [0.1, 0.15) is 13.2 Å². The first kappa shape index (κ1) is 29.2. The van der Waals surface area contributed by atoms with Crippen LogP contribution in [0.5, 0.6) is 11.5 Å². The van der Waals surface area contributed by atoms with Crippen molar-refractivity contribution in [2.45, 2.75) is 19.6 Å². The molecule has 1 atom stereocenters. The number of esters is 1. The van der Waals surface area contributed by atoms with Crippen LogP contribution in [0.2, 0.25) is 0 Å². The van der Waals surface area contributed by atoms with Crippen LogP contribution in [0.1, 0.15) is 29.7 Å². The van der Waals surface area contributed by atoms with Gasteiger partial charge in [0.05, 0.1) is 33.9 Å². The minimum atomic E-state index is -0.871. The standard InChI is InChI=1S/C32H27N3O7S/c1-4-16-41-31(37)28-20(2)33-32-34(30(36)27(43-32)17-21-10-13-24(14-11-21)35(38)39)29(28)23-12-15-25(26(18-23)40-3)42-19-22-8-6-5-7-9-22/h4-15,17-18,29H,1,16,19H2,2-3H3/b27-17-. The minimum Gasteiger partial charge on any atom is -0.493 e. The van der Waals surface area contributed by atoms with E-state index in [0.717, 1.165) is 16.9 Å². The van der Waals surface area contributed by atoms with Crippen LogP contribution in [0.15, 0.2) is 107 Å². The maximum absolute atomic E-state index is 13.9. The smallest absolute Gasteiger partial charge is 0.338 e. The SMILES string of the molecule is C=CCOC(=O)C1=C(C)N=c2s/c(=C\c3ccc([N+](=O)[O-])cc3)c(=O)n2C1c1ccc(OCc2ccccc2)c(OC)c1. The number of hydrogen-bond acceptors (Lipinski definition) is 9. The van der Waals surface area contributed by atoms with E-state index in [2.05, 4.69) is 11.6 Å². The molecule has 10 nitrogen and oxygen atoms in total. The predicted molar refractivity (Wildman–Crippen MR) is 162 cm³/mol. The lowest BCUT2D eigenvalue weighted by Crippen LogP contribution is -2.40. The first-order valence-electron chi connectivity index (χ1n) is 13.2. The lowest BCUT2D eigenvalue weighted by atomic mass is 9.95. The lowest BCUT2D eigenvalue weighted by molar-refractivity contribution is -0.384. The van der Waals surface area contributed by atoms with Crippen LogP contribution in [-0.4, -0.2) is 29.2 Å². The normalized spacial score (nSPS) is 14.5. The molecule has 1 aliphatic rings. The van der Waals surface area contributed by atoms with Gasteiger partial charge in [-0.05, 0) is 54.0 Å². The van der Waals surface area contributed by atoms with Crippen molar-refractivity contribution >= 4 is 29.1 Å². The third-order valence-electron chi connectivity index (χ3n) is 6.72. The molecule has 0 aliphatic carbocycles. The summed E-state index contributed by atoms with van der Waals surface area (Å²) in [6, 6.07) is 20.0. The van der Waals surface area contributed by atoms with E-state index in [1.807, 2.05) is 30.3 Å². The molecule has 43 heavy (non-hydrogen) atoms. The molecule has 218 valence electrons. The maximum atomic E-state index is 13.9. The highest BCUT2D eigenvalue weighted by Gasteiger charge is 2.34. The van der Waals surface area contributed by atoms with Gasteiger partial charge in [0.25, 0.3) is 11.2 Å². The Balaban J connectivity index is 1.60. The number of allylic oxidation sites excluding steroid dienone is 1. The fourth-order valence-electron chi connectivity index (χ4n) is 4.66. The van der Waals surface area contributed by atoms with Gasteiger partial charge in [-0.3, -0.25) is 19.5 Å². The Kier molecular flexibility index (Phi) is 8.63. The van der Waals surface area contributed by atoms with Crippen molar-refractivity contribution in [2.75, 3.05) is 13.7 Å². The van der Waals surface area contributed by atoms with Crippen LogP contribution < -0.4 is 24.4 Å². The zero-order valence-electron chi connectivity index (χ0n) is 23.4. The molecule has 0 N–H and O–H groups in total. The zero-order chi connectivity index (χ0) is 30.5. The number of methoxy groups -OCH3 is 1. The largest absolute Gasteiger partial charge is 0.493 e. The Labute approximate surface area is 250 Å². The predicted octanol–water partition coefficient (Wildman–Crippen LogP) is 4.46. The summed E-state index contributed by atoms with van der Waals surface area (Å²) in [5.41, 5.74) is 2.36. The van der Waals surface area contributed by atoms with Crippen molar-refractivity contribution in [1.82, 2.24) is 4.57 Å². The number of fused-ring (bicyclic) bond motifs is 1. The van der Waals surface area contributed by atoms with Crippen molar-refractivity contribution in [3.05, 3.63) is 143 Å². The molecule has 1 aliphatic heterocycles. The third kappa shape index (κ3) is 6.16. The third-order valence-corrected chi connectivity index (χ3v) is 7.70. The van der Waals surface area contributed by atoms with Crippen LogP contribution in [0, 0.1) is 10.1 Å². The molecule has 0 spiro atoms. The van der Waals surface area contributed by atoms with E-state index < -0.39 is 16.9 Å². The summed E-state index contributed by atoms with van der Waals surface area (Å²) in [5.74, 6) is 0.297. The van der Waals surface area contributed by atoms with Gasteiger partial charge in [0, 0.05) is 12.1 Å². The van der Waals surface area contributed by atoms with E-state index in [4.69, 9.17) is 14.2 Å². The lowest BCUT2D eigenvalue weighted by Gasteiger charge is -2.25. The Morgan fingerprint density at radius 1 is 1.12 bits per heavy atom. The summed E-state index contributed by atoms with van der Waals surface area (Å²) in [6.07, 6.45) is 3.10. The summed E-state index contributed by atoms with van der Waals surface area (Å²) in [6.45, 7) is 5.62. The van der Waals surface area contributed by atoms with Crippen molar-refractivity contribution in [1.29, 1.82) is 0 Å². The van der Waals surface area contributed by atoms with Crippen molar-refractivity contribution in [2.24, 2.45) is 4.99 Å². The highest BCUT2D eigenvalue weighted by Crippen LogP contribution is 2.36. The van der Waals surface area contributed by atoms with Crippen LogP contribution in [0.25, 0.3) is 6.08 Å². The van der Waals surface area contributed by atoms with Crippen molar-refractivity contribution in [3.8, 4) is 11.5 Å². The van der Waals surface area contributed by atoms with E-state index in [1.54, 1.807) is 43.3 Å². The van der Waals surface area contributed by atoms with Gasteiger partial charge in [-0.15, -0.1) is 0 Å². The molecule has 2 heterocycles. The Morgan fingerprint density at radius 3 is 2.53 bits per heavy atom. The topological polar surface area (TPSA) is 122 Å². The number of aromatic nitrogens is 1. The molecule has 1 unspecified atom stereocenters. The van der Waals surface area contributed by atoms with Gasteiger partial charge in [-0.25, -0.2) is 9.79 Å². The maximum Gasteiger partial charge on any atom is 0.338 e. The van der Waals surface area contributed by atoms with Crippen LogP contribution in [0.3, 0.4) is 0 Å². The van der Waals surface area contributed by atoms with Crippen LogP contribution in [0.4, 0.5) is 5.69 Å². The zero-order valence-corrected chi connectivity index (χ0v) is 24.2. The summed E-state index contributed by atoms with van der Waals surface area (Å²) in [5, 5.41) is 11.0. The van der Waals surface area contributed by atoms with Gasteiger partial charge < -0.3 is 14.2 Å². The molecule has 0 saturated carbocycles. The molecule has 5 rings (SSSR count). The summed E-state index contributed by atoms with van der Waals surface area (Å²) < 4.78 is 18.9. The first-order valence-corrected chi connectivity index (χ1v) is 14.0. The molecule has 3 aromatic carbocycles. The molecule has 11 heteroatoms. The first-order chi connectivity index (χ1) is 20.8. The molecule has 0 radical (unpaired) electrons. The summed E-state index contributed by atoms with van der Waals surface area (Å²) >= 11 is 1.16. The van der Waals surface area contributed by atoms with Crippen LogP contribution >= 0.6 is 11.3 Å². The molecular weight excluding hydrogens is 570 g/mol. The number of benzene rings is 3. The van der Waals surface area contributed by atoms with Gasteiger partial charge in [-0.1, -0.05) is 60.4 Å². The molecule has 0 saturated heterocycles. The summed E-state index contributed by atoms with van der Waals surface area (Å²) in [7, 11) is 1.52. The molecule has 0 bridgehead atoms. The molecule has 4 aromatic rings. The highest BCUT2D eigenvalue weighted by molar-refractivity contribution is 7.07. The molecular formula is C32H27N3O7S. The van der Waals surface area contributed by atoms with Gasteiger partial charge in [-0.2, -0.15) is 0 Å². The van der Waals surface area contributed by atoms with Crippen LogP contribution in [-0.2, 0) is 16.1 Å². The number of carbonyl (C=O) groups excluding carboxylic acids is 1. The number of nitro groups is 1. The van der Waals surface area contributed by atoms with Gasteiger partial charge in [0.15, 0.2) is 16.3 Å². The van der Waals surface area contributed by atoms with Crippen molar-refractivity contribution in [3.63, 3.8) is 0 Å². The number of hydrogen-bond donors (Lipinski definition) is 0.